The molecule has 0 saturated heterocycles. The fraction of sp³-hybridized carbons (Fsp3) is 0.571. The van der Waals surface area contributed by atoms with Crippen LogP contribution < -0.4 is 0 Å². The number of thioether (sulfide) groups is 1. The summed E-state index contributed by atoms with van der Waals surface area (Å²) in [4.78, 5) is 4.25. The van der Waals surface area contributed by atoms with Crippen LogP contribution in [0.2, 0.25) is 0 Å². The van der Waals surface area contributed by atoms with Crippen molar-refractivity contribution in [1.82, 2.24) is 4.98 Å². The molecule has 116 valence electrons. The van der Waals surface area contributed by atoms with Crippen LogP contribution in [0.3, 0.4) is 0 Å². The monoisotopic (exact) mass is 318 g/mol. The van der Waals surface area contributed by atoms with Gasteiger partial charge in [0.1, 0.15) is 11.1 Å². The highest BCUT2D eigenvalue weighted by Crippen LogP contribution is 2.37. The lowest BCUT2D eigenvalue weighted by molar-refractivity contribution is -0.138. The molecule has 0 aliphatic rings. The lowest BCUT2D eigenvalue weighted by atomic mass is 9.90. The molecule has 1 aromatic heterocycles. The molecule has 1 heterocycles. The summed E-state index contributed by atoms with van der Waals surface area (Å²) >= 11 is 1.10. The molecule has 0 fully saturated rings. The second-order valence-corrected chi connectivity index (χ2v) is 6.52. The molecule has 0 atom stereocenters. The fourth-order valence-electron chi connectivity index (χ4n) is 1.56. The summed E-state index contributed by atoms with van der Waals surface area (Å²) in [6, 6.07) is 2.60. The molecule has 0 unspecified atom stereocenters. The molecule has 3 nitrogen and oxygen atoms in total. The van der Waals surface area contributed by atoms with Crippen molar-refractivity contribution in [3.63, 3.8) is 0 Å². The third kappa shape index (κ3) is 4.61. The Labute approximate surface area is 126 Å². The number of alkyl halides is 3. The first-order chi connectivity index (χ1) is 9.61. The molecule has 0 aliphatic carbocycles. The largest absolute Gasteiger partial charge is 0.417 e. The molecular weight excluding hydrogens is 301 g/mol. The first-order valence-corrected chi connectivity index (χ1v) is 7.24. The summed E-state index contributed by atoms with van der Waals surface area (Å²) in [5.41, 5.74) is -1.57. The lowest BCUT2D eigenvalue weighted by Crippen LogP contribution is -2.18. The van der Waals surface area contributed by atoms with Crippen molar-refractivity contribution in [2.45, 2.75) is 37.4 Å². The Kier molecular flexibility index (Phi) is 5.65. The van der Waals surface area contributed by atoms with E-state index in [0.29, 0.717) is 18.1 Å². The Hall–Kier alpha value is -1.26. The van der Waals surface area contributed by atoms with Crippen molar-refractivity contribution in [2.75, 3.05) is 19.5 Å². The third-order valence-electron chi connectivity index (χ3n) is 2.70. The lowest BCUT2D eigenvalue weighted by Gasteiger charge is -2.21. The summed E-state index contributed by atoms with van der Waals surface area (Å²) in [5, 5.41) is 9.18. The minimum absolute atomic E-state index is 0.106. The normalized spacial score (nSPS) is 12.3. The van der Waals surface area contributed by atoms with E-state index in [9.17, 15) is 13.2 Å². The molecule has 1 rings (SSSR count). The van der Waals surface area contributed by atoms with E-state index in [1.165, 1.54) is 7.11 Å². The van der Waals surface area contributed by atoms with Gasteiger partial charge in [-0.2, -0.15) is 18.4 Å². The Morgan fingerprint density at radius 1 is 1.33 bits per heavy atom. The highest BCUT2D eigenvalue weighted by molar-refractivity contribution is 7.99. The van der Waals surface area contributed by atoms with Crippen LogP contribution in [0.1, 0.15) is 37.6 Å². The van der Waals surface area contributed by atoms with Crippen molar-refractivity contribution in [3.8, 4) is 6.07 Å². The Bertz CT molecular complexity index is 545. The smallest absolute Gasteiger partial charge is 0.384 e. The van der Waals surface area contributed by atoms with E-state index in [4.69, 9.17) is 10.00 Å². The minimum atomic E-state index is -4.58. The zero-order valence-electron chi connectivity index (χ0n) is 12.3. The highest BCUT2D eigenvalue weighted by atomic mass is 32.2. The number of hydrogen-bond acceptors (Lipinski definition) is 4. The van der Waals surface area contributed by atoms with E-state index in [2.05, 4.69) is 4.98 Å². The molecule has 0 aromatic carbocycles. The van der Waals surface area contributed by atoms with Gasteiger partial charge in [-0.15, -0.1) is 11.8 Å². The predicted octanol–water partition coefficient (Wildman–Crippen LogP) is 4.01. The number of methoxy groups -OCH3 is 1. The van der Waals surface area contributed by atoms with Gasteiger partial charge in [0.2, 0.25) is 0 Å². The van der Waals surface area contributed by atoms with Gasteiger partial charge >= 0.3 is 6.18 Å². The van der Waals surface area contributed by atoms with Gasteiger partial charge in [-0.25, -0.2) is 4.98 Å². The number of nitrogens with zero attached hydrogens (tertiary/aromatic N) is 2. The number of halogens is 3. The number of nitriles is 1. The van der Waals surface area contributed by atoms with E-state index >= 15 is 0 Å². The maximum atomic E-state index is 13.2. The van der Waals surface area contributed by atoms with E-state index < -0.39 is 22.7 Å². The SMILES string of the molecule is COCCSc1nc(C(C)(C)C)cc(C(F)(F)F)c1C#N. The zero-order valence-corrected chi connectivity index (χ0v) is 13.2. The second-order valence-electron chi connectivity index (χ2n) is 5.44. The maximum absolute atomic E-state index is 13.2. The van der Waals surface area contributed by atoms with Gasteiger partial charge in [0.15, 0.2) is 0 Å². The van der Waals surface area contributed by atoms with Crippen molar-refractivity contribution < 1.29 is 17.9 Å². The predicted molar refractivity (Wildman–Crippen MR) is 75.3 cm³/mol. The van der Waals surface area contributed by atoms with E-state index in [1.54, 1.807) is 26.8 Å². The van der Waals surface area contributed by atoms with Gasteiger partial charge in [-0.1, -0.05) is 20.8 Å². The zero-order chi connectivity index (χ0) is 16.3. The fourth-order valence-corrected chi connectivity index (χ4v) is 2.47. The van der Waals surface area contributed by atoms with Gasteiger partial charge in [0.05, 0.1) is 17.7 Å². The van der Waals surface area contributed by atoms with Crippen LogP contribution in [0.5, 0.6) is 0 Å². The van der Waals surface area contributed by atoms with Crippen molar-refractivity contribution in [2.24, 2.45) is 0 Å². The minimum Gasteiger partial charge on any atom is -0.384 e. The van der Waals surface area contributed by atoms with Crippen molar-refractivity contribution >= 4 is 11.8 Å². The molecule has 0 aliphatic heterocycles. The van der Waals surface area contributed by atoms with Gasteiger partial charge < -0.3 is 4.74 Å². The summed E-state index contributed by atoms with van der Waals surface area (Å²) in [6.45, 7) is 5.72. The average Bonchev–Trinajstić information content (AvgIpc) is 2.35. The topological polar surface area (TPSA) is 45.9 Å². The Morgan fingerprint density at radius 3 is 2.38 bits per heavy atom. The van der Waals surface area contributed by atoms with Gasteiger partial charge in [-0.3, -0.25) is 0 Å². The molecule has 0 bridgehead atoms. The van der Waals surface area contributed by atoms with Gasteiger partial charge in [0.25, 0.3) is 0 Å². The highest BCUT2D eigenvalue weighted by Gasteiger charge is 2.37. The first-order valence-electron chi connectivity index (χ1n) is 6.25. The van der Waals surface area contributed by atoms with E-state index in [1.807, 2.05) is 0 Å². The molecule has 0 amide bonds. The van der Waals surface area contributed by atoms with Crippen LogP contribution in [0.15, 0.2) is 11.1 Å². The number of rotatable bonds is 4. The van der Waals surface area contributed by atoms with Crippen LogP contribution in [-0.2, 0) is 16.3 Å². The van der Waals surface area contributed by atoms with E-state index in [-0.39, 0.29) is 5.03 Å². The third-order valence-corrected chi connectivity index (χ3v) is 3.64. The summed E-state index contributed by atoms with van der Waals surface area (Å²) in [6.07, 6.45) is -4.58. The molecule has 0 N–H and O–H groups in total. The van der Waals surface area contributed by atoms with Crippen molar-refractivity contribution in [1.29, 1.82) is 5.26 Å². The molecule has 21 heavy (non-hydrogen) atoms. The molecule has 0 spiro atoms. The number of aromatic nitrogens is 1. The average molecular weight is 318 g/mol. The number of hydrogen-bond donors (Lipinski definition) is 0. The van der Waals surface area contributed by atoms with E-state index in [0.717, 1.165) is 17.8 Å². The van der Waals surface area contributed by atoms with Crippen LogP contribution in [0.25, 0.3) is 0 Å². The molecule has 1 aromatic rings. The van der Waals surface area contributed by atoms with Crippen molar-refractivity contribution in [3.05, 3.63) is 22.9 Å². The van der Waals surface area contributed by atoms with Gasteiger partial charge in [-0.05, 0) is 6.07 Å². The summed E-state index contributed by atoms with van der Waals surface area (Å²) < 4.78 is 44.4. The summed E-state index contributed by atoms with van der Waals surface area (Å²) in [5.74, 6) is 0.434. The molecular formula is C14H17F3N2OS. The second kappa shape index (κ2) is 6.67. The standard InChI is InChI=1S/C14H17F3N2OS/c1-13(2,3)11-7-10(14(15,16)17)9(8-18)12(19-11)21-6-5-20-4/h7H,5-6H2,1-4H3. The van der Waals surface area contributed by atoms with Crippen LogP contribution in [0, 0.1) is 11.3 Å². The Balaban J connectivity index is 3.43. The quantitative estimate of drug-likeness (QED) is 0.621. The maximum Gasteiger partial charge on any atom is 0.417 e. The first kappa shape index (κ1) is 17.8. The van der Waals surface area contributed by atoms with Crippen LogP contribution in [0.4, 0.5) is 13.2 Å². The van der Waals surface area contributed by atoms with Gasteiger partial charge in [0, 0.05) is 24.0 Å². The molecule has 0 radical (unpaired) electrons. The molecule has 0 saturated carbocycles. The Morgan fingerprint density at radius 2 is 1.95 bits per heavy atom. The van der Waals surface area contributed by atoms with Crippen LogP contribution in [-0.4, -0.2) is 24.5 Å². The number of ether oxygens (including phenoxy) is 1. The number of pyridine rings is 1. The summed E-state index contributed by atoms with van der Waals surface area (Å²) in [7, 11) is 1.51. The van der Waals surface area contributed by atoms with Crippen LogP contribution >= 0.6 is 11.8 Å². The molecule has 7 heteroatoms.